The summed E-state index contributed by atoms with van der Waals surface area (Å²) in [6.45, 7) is 6.40. The van der Waals surface area contributed by atoms with Gasteiger partial charge in [0.25, 0.3) is 0 Å². The monoisotopic (exact) mass is 161 g/mol. The van der Waals surface area contributed by atoms with Crippen molar-refractivity contribution in [2.75, 3.05) is 0 Å². The summed E-state index contributed by atoms with van der Waals surface area (Å²) in [5, 5.41) is 0. The Morgan fingerprint density at radius 2 is 2.10 bits per heavy atom. The fourth-order valence-electron chi connectivity index (χ4n) is 0.813. The van der Waals surface area contributed by atoms with Crippen LogP contribution < -0.4 is 4.57 Å². The van der Waals surface area contributed by atoms with Crippen LogP contribution in [-0.2, 0) is 13.1 Å². The largest absolute Gasteiger partial charge is 0.243 e. The molecule has 0 amide bonds. The molecule has 0 aliphatic heterocycles. The molecule has 1 aromatic rings. The molecular formula is C7H14ClN2+. The molecule has 0 saturated heterocycles. The molecule has 0 atom stereocenters. The standard InChI is InChI=1S/C7H13N2.ClH/c1-3-8-5-6-9(4-2)7-8;/h5-7H,3-4H2,1-2H3;1H/q+1;. The van der Waals surface area contributed by atoms with E-state index in [4.69, 9.17) is 0 Å². The summed E-state index contributed by atoms with van der Waals surface area (Å²) < 4.78 is 4.31. The minimum Gasteiger partial charge on any atom is -0.237 e. The molecular weight excluding hydrogens is 148 g/mol. The Hall–Kier alpha value is -0.500. The van der Waals surface area contributed by atoms with Crippen molar-refractivity contribution in [3.63, 3.8) is 0 Å². The van der Waals surface area contributed by atoms with E-state index in [1.54, 1.807) is 0 Å². The summed E-state index contributed by atoms with van der Waals surface area (Å²) in [5.41, 5.74) is 0. The third-order valence-electron chi connectivity index (χ3n) is 1.48. The molecule has 0 radical (unpaired) electrons. The van der Waals surface area contributed by atoms with Crippen LogP contribution in [-0.4, -0.2) is 4.57 Å². The molecule has 3 heteroatoms. The Morgan fingerprint density at radius 3 is 2.40 bits per heavy atom. The van der Waals surface area contributed by atoms with E-state index in [-0.39, 0.29) is 12.4 Å². The van der Waals surface area contributed by atoms with Gasteiger partial charge in [0.05, 0.1) is 13.1 Å². The number of imidazole rings is 1. The summed E-state index contributed by atoms with van der Waals surface area (Å²) in [6, 6.07) is 0. The lowest BCUT2D eigenvalue weighted by Crippen LogP contribution is -2.28. The first-order chi connectivity index (χ1) is 4.36. The zero-order valence-corrected chi connectivity index (χ0v) is 7.27. The first-order valence-electron chi connectivity index (χ1n) is 3.41. The van der Waals surface area contributed by atoms with Crippen molar-refractivity contribution >= 4 is 12.4 Å². The average Bonchev–Trinajstić information content (AvgIpc) is 2.34. The van der Waals surface area contributed by atoms with Crippen molar-refractivity contribution in [1.82, 2.24) is 4.57 Å². The summed E-state index contributed by atoms with van der Waals surface area (Å²) >= 11 is 0. The highest BCUT2D eigenvalue weighted by Gasteiger charge is 1.95. The SMILES string of the molecule is CCn1cc[n+](CC)c1.Cl. The van der Waals surface area contributed by atoms with Gasteiger partial charge in [0.2, 0.25) is 6.33 Å². The van der Waals surface area contributed by atoms with Crippen LogP contribution in [0.2, 0.25) is 0 Å². The smallest absolute Gasteiger partial charge is 0.237 e. The molecule has 1 rings (SSSR count). The summed E-state index contributed by atoms with van der Waals surface area (Å²) in [7, 11) is 0. The maximum atomic E-state index is 2.16. The van der Waals surface area contributed by atoms with Crippen molar-refractivity contribution < 1.29 is 4.57 Å². The third-order valence-corrected chi connectivity index (χ3v) is 1.48. The number of rotatable bonds is 2. The molecule has 0 aromatic carbocycles. The van der Waals surface area contributed by atoms with Crippen molar-refractivity contribution in [2.24, 2.45) is 0 Å². The molecule has 0 bridgehead atoms. The van der Waals surface area contributed by atoms with Crippen molar-refractivity contribution in [2.45, 2.75) is 26.9 Å². The van der Waals surface area contributed by atoms with Crippen molar-refractivity contribution in [3.8, 4) is 0 Å². The molecule has 0 saturated carbocycles. The van der Waals surface area contributed by atoms with Gasteiger partial charge in [-0.3, -0.25) is 0 Å². The Bertz CT molecular complexity index is 165. The van der Waals surface area contributed by atoms with E-state index in [1.165, 1.54) is 0 Å². The molecule has 2 nitrogen and oxygen atoms in total. The zero-order chi connectivity index (χ0) is 6.69. The van der Waals surface area contributed by atoms with E-state index in [0.717, 1.165) is 13.1 Å². The van der Waals surface area contributed by atoms with Crippen LogP contribution >= 0.6 is 12.4 Å². The predicted molar refractivity (Wildman–Crippen MR) is 43.2 cm³/mol. The second-order valence-corrected chi connectivity index (χ2v) is 2.07. The summed E-state index contributed by atoms with van der Waals surface area (Å²) in [6.07, 6.45) is 6.28. The lowest BCUT2D eigenvalue weighted by Gasteiger charge is -1.84. The van der Waals surface area contributed by atoms with Crippen LogP contribution in [0.25, 0.3) is 0 Å². The minimum absolute atomic E-state index is 0. The average molecular weight is 162 g/mol. The van der Waals surface area contributed by atoms with Gasteiger partial charge in [0.1, 0.15) is 12.4 Å². The quantitative estimate of drug-likeness (QED) is 0.578. The maximum absolute atomic E-state index is 2.16. The third kappa shape index (κ3) is 2.03. The number of aryl methyl sites for hydroxylation is 2. The van der Waals surface area contributed by atoms with Crippen molar-refractivity contribution in [3.05, 3.63) is 18.7 Å². The molecule has 0 spiro atoms. The second kappa shape index (κ2) is 4.34. The van der Waals surface area contributed by atoms with E-state index >= 15 is 0 Å². The van der Waals surface area contributed by atoms with Gasteiger partial charge < -0.3 is 0 Å². The number of hydrogen-bond acceptors (Lipinski definition) is 0. The fraction of sp³-hybridized carbons (Fsp3) is 0.571. The topological polar surface area (TPSA) is 8.81 Å². The highest BCUT2D eigenvalue weighted by Crippen LogP contribution is 1.81. The zero-order valence-electron chi connectivity index (χ0n) is 6.45. The van der Waals surface area contributed by atoms with E-state index in [1.807, 2.05) is 0 Å². The normalized spacial score (nSPS) is 9.00. The molecule has 0 aliphatic carbocycles. The van der Waals surface area contributed by atoms with Gasteiger partial charge in [-0.25, -0.2) is 9.13 Å². The van der Waals surface area contributed by atoms with Gasteiger partial charge in [-0.2, -0.15) is 0 Å². The lowest BCUT2D eigenvalue weighted by atomic mass is 10.7. The van der Waals surface area contributed by atoms with E-state index < -0.39 is 0 Å². The van der Waals surface area contributed by atoms with Crippen LogP contribution in [0.3, 0.4) is 0 Å². The van der Waals surface area contributed by atoms with E-state index in [2.05, 4.69) is 41.7 Å². The number of hydrogen-bond donors (Lipinski definition) is 0. The van der Waals surface area contributed by atoms with Crippen LogP contribution in [0.4, 0.5) is 0 Å². The van der Waals surface area contributed by atoms with Crippen LogP contribution in [0.15, 0.2) is 18.7 Å². The van der Waals surface area contributed by atoms with Gasteiger partial charge in [-0.15, -0.1) is 12.4 Å². The van der Waals surface area contributed by atoms with Crippen LogP contribution in [0, 0.1) is 0 Å². The molecule has 0 N–H and O–H groups in total. The first-order valence-corrected chi connectivity index (χ1v) is 3.41. The Balaban J connectivity index is 0.000000810. The molecule has 0 unspecified atom stereocenters. The molecule has 0 aliphatic rings. The number of halogens is 1. The second-order valence-electron chi connectivity index (χ2n) is 2.07. The maximum Gasteiger partial charge on any atom is 0.243 e. The van der Waals surface area contributed by atoms with Gasteiger partial charge in [0.15, 0.2) is 0 Å². The molecule has 58 valence electrons. The minimum atomic E-state index is 0. The Labute approximate surface area is 67.9 Å². The van der Waals surface area contributed by atoms with Gasteiger partial charge in [-0.05, 0) is 13.8 Å². The Morgan fingerprint density at radius 1 is 1.40 bits per heavy atom. The van der Waals surface area contributed by atoms with Crippen LogP contribution in [0.5, 0.6) is 0 Å². The van der Waals surface area contributed by atoms with Gasteiger partial charge >= 0.3 is 0 Å². The summed E-state index contributed by atoms with van der Waals surface area (Å²) in [5.74, 6) is 0. The number of nitrogens with zero attached hydrogens (tertiary/aromatic N) is 2. The highest BCUT2D eigenvalue weighted by atomic mass is 35.5. The molecule has 1 heterocycles. The molecule has 10 heavy (non-hydrogen) atoms. The fourth-order valence-corrected chi connectivity index (χ4v) is 0.813. The van der Waals surface area contributed by atoms with Crippen molar-refractivity contribution in [1.29, 1.82) is 0 Å². The Kier molecular flexibility index (Phi) is 4.12. The number of aromatic nitrogens is 2. The predicted octanol–water partition coefficient (Wildman–Crippen LogP) is 1.24. The first kappa shape index (κ1) is 9.50. The van der Waals surface area contributed by atoms with Crippen LogP contribution in [0.1, 0.15) is 13.8 Å². The van der Waals surface area contributed by atoms with E-state index in [0.29, 0.717) is 0 Å². The van der Waals surface area contributed by atoms with E-state index in [9.17, 15) is 0 Å². The molecule has 1 aromatic heterocycles. The van der Waals surface area contributed by atoms with Gasteiger partial charge in [0, 0.05) is 0 Å². The lowest BCUT2D eigenvalue weighted by molar-refractivity contribution is -0.693. The highest BCUT2D eigenvalue weighted by molar-refractivity contribution is 5.85. The van der Waals surface area contributed by atoms with Gasteiger partial charge in [-0.1, -0.05) is 0 Å². The summed E-state index contributed by atoms with van der Waals surface area (Å²) in [4.78, 5) is 0. The molecule has 0 fully saturated rings.